The summed E-state index contributed by atoms with van der Waals surface area (Å²) < 4.78 is 0. The van der Waals surface area contributed by atoms with Gasteiger partial charge in [-0.15, -0.1) is 0 Å². The number of carbonyl (C=O) groups is 2. The van der Waals surface area contributed by atoms with Gasteiger partial charge in [0.15, 0.2) is 0 Å². The summed E-state index contributed by atoms with van der Waals surface area (Å²) in [6.45, 7) is 6.08. The molecule has 0 spiro atoms. The molecule has 43 heavy (non-hydrogen) atoms. The average molecular weight is 720 g/mol. The van der Waals surface area contributed by atoms with Crippen LogP contribution in [0.25, 0.3) is 0 Å². The molecule has 4 rings (SSSR count). The van der Waals surface area contributed by atoms with E-state index >= 15 is 0 Å². The first-order valence-corrected chi connectivity index (χ1v) is 19.1. The summed E-state index contributed by atoms with van der Waals surface area (Å²) in [7, 11) is 6.19. The van der Waals surface area contributed by atoms with Gasteiger partial charge >= 0.3 is 162 Å². The first-order chi connectivity index (χ1) is 20.5. The molecule has 5 nitrogen and oxygen atoms in total. The molecule has 0 heterocycles. The first kappa shape index (κ1) is 33.0. The molecule has 1 atom stereocenters. The molecular weight excluding hydrogens is 685 g/mol. The summed E-state index contributed by atoms with van der Waals surface area (Å²) in [5.41, 5.74) is 3.99. The van der Waals surface area contributed by atoms with Crippen molar-refractivity contribution in [2.75, 3.05) is 10.2 Å². The van der Waals surface area contributed by atoms with Crippen LogP contribution < -0.4 is 15.5 Å². The third-order valence-electron chi connectivity index (χ3n) is 6.81. The summed E-state index contributed by atoms with van der Waals surface area (Å²) >= 11 is 3.25. The fourth-order valence-electron chi connectivity index (χ4n) is 4.59. The monoisotopic (exact) mass is 720 g/mol. The van der Waals surface area contributed by atoms with E-state index in [9.17, 15) is 14.7 Å². The zero-order valence-corrected chi connectivity index (χ0v) is 28.5. The Morgan fingerprint density at radius 1 is 0.860 bits per heavy atom. The first-order valence-electron chi connectivity index (χ1n) is 14.1. The Bertz CT molecular complexity index is 1640. The van der Waals surface area contributed by atoms with Crippen molar-refractivity contribution in [3.05, 3.63) is 103 Å². The second kappa shape index (κ2) is 15.2. The van der Waals surface area contributed by atoms with E-state index in [1.807, 2.05) is 118 Å². The number of benzene rings is 4. The molecule has 0 aliphatic rings. The number of nitrogens with zero attached hydrogens (tertiary/aromatic N) is 1. The van der Waals surface area contributed by atoms with Gasteiger partial charge < -0.3 is 5.32 Å². The molecule has 0 saturated heterocycles. The number of unbranched alkanes of at least 4 members (excludes halogenated alkanes) is 1. The Hall–Kier alpha value is -2.94. The van der Waals surface area contributed by atoms with Crippen molar-refractivity contribution in [3.63, 3.8) is 0 Å². The van der Waals surface area contributed by atoms with Gasteiger partial charge in [0.05, 0.1) is 0 Å². The van der Waals surface area contributed by atoms with Crippen LogP contribution >= 0.6 is 38.7 Å². The van der Waals surface area contributed by atoms with Crippen molar-refractivity contribution in [2.45, 2.75) is 56.8 Å². The third-order valence-corrected chi connectivity index (χ3v) is 10.2. The van der Waals surface area contributed by atoms with Crippen LogP contribution in [0, 0.1) is 0 Å². The van der Waals surface area contributed by atoms with Gasteiger partial charge in [0.25, 0.3) is 0 Å². The zero-order valence-electron chi connectivity index (χ0n) is 24.6. The van der Waals surface area contributed by atoms with Crippen LogP contribution in [0.2, 0.25) is 0 Å². The van der Waals surface area contributed by atoms with Crippen molar-refractivity contribution < 1.29 is 14.7 Å². The summed E-state index contributed by atoms with van der Waals surface area (Å²) in [6.07, 6.45) is 1.75. The Labute approximate surface area is 273 Å². The summed E-state index contributed by atoms with van der Waals surface area (Å²) in [5, 5.41) is 15.2. The van der Waals surface area contributed by atoms with E-state index in [1.165, 1.54) is 0 Å². The number of halogens is 1. The molecule has 0 saturated carbocycles. The van der Waals surface area contributed by atoms with Crippen LogP contribution in [0.5, 0.6) is 5.75 Å². The molecule has 0 radical (unpaired) electrons. The second-order valence-electron chi connectivity index (χ2n) is 11.2. The molecule has 9 heteroatoms. The van der Waals surface area contributed by atoms with E-state index in [4.69, 9.17) is 7.01 Å². The topological polar surface area (TPSA) is 69.6 Å². The Balaban J connectivity index is 1.39. The van der Waals surface area contributed by atoms with Crippen LogP contribution in [0.3, 0.4) is 0 Å². The van der Waals surface area contributed by atoms with Crippen LogP contribution in [0.4, 0.5) is 22.7 Å². The number of hydrogen-bond acceptors (Lipinski definition) is 5. The molecule has 0 aromatic heterocycles. The van der Waals surface area contributed by atoms with Crippen LogP contribution in [0.15, 0.2) is 102 Å². The Kier molecular flexibility index (Phi) is 11.6. The number of phenols is 1. The number of anilines is 4. The molecule has 4 aromatic carbocycles. The van der Waals surface area contributed by atoms with Gasteiger partial charge in [-0.1, -0.05) is 36.4 Å². The summed E-state index contributed by atoms with van der Waals surface area (Å²) in [4.78, 5) is 27.8. The molecule has 0 aliphatic heterocycles. The zero-order chi connectivity index (χ0) is 31.0. The minimum atomic E-state index is -0.904. The number of hydrogen-bond donors (Lipinski definition) is 2. The summed E-state index contributed by atoms with van der Waals surface area (Å²) in [5.74, 6) is 0.107. The van der Waals surface area contributed by atoms with Gasteiger partial charge in [-0.25, -0.2) is 0 Å². The van der Waals surface area contributed by atoms with E-state index in [1.54, 1.807) is 4.90 Å². The SMILES string of the molecule is B#P(I)c1cc(SC(=O)CCCCC(=O)N(c2ccccc2)c2ccc(Nc3ccccc3)cc2)c(O)c(C(C)(C)C)c1. The quantitative estimate of drug-likeness (QED) is 0.0562. The number of thioether (sulfide) groups is 1. The van der Waals surface area contributed by atoms with Gasteiger partial charge in [-0.2, -0.15) is 0 Å². The third kappa shape index (κ3) is 9.28. The van der Waals surface area contributed by atoms with E-state index in [2.05, 4.69) is 27.4 Å². The van der Waals surface area contributed by atoms with E-state index in [-0.39, 0.29) is 22.2 Å². The molecule has 1 amide bonds. The molecular formula is C34H35BIN2O3PS. The van der Waals surface area contributed by atoms with Gasteiger partial charge in [-0.05, 0) is 48.5 Å². The van der Waals surface area contributed by atoms with Crippen molar-refractivity contribution in [1.82, 2.24) is 0 Å². The van der Waals surface area contributed by atoms with Crippen molar-refractivity contribution in [3.8, 4) is 5.75 Å². The number of rotatable bonds is 10. The van der Waals surface area contributed by atoms with E-state index in [0.717, 1.165) is 45.4 Å². The van der Waals surface area contributed by atoms with Crippen LogP contribution in [-0.4, -0.2) is 23.1 Å². The number of amides is 1. The normalized spacial score (nSPS) is 11.6. The van der Waals surface area contributed by atoms with Crippen molar-refractivity contribution >= 4 is 84.8 Å². The van der Waals surface area contributed by atoms with Crippen LogP contribution in [0.1, 0.15) is 52.0 Å². The van der Waals surface area contributed by atoms with E-state index in [0.29, 0.717) is 30.6 Å². The maximum absolute atomic E-state index is 13.5. The maximum atomic E-state index is 13.5. The number of carbonyl (C=O) groups excluding carboxylic acids is 2. The number of para-hydroxylation sites is 2. The van der Waals surface area contributed by atoms with Crippen LogP contribution in [-0.2, 0) is 15.0 Å². The average Bonchev–Trinajstić information content (AvgIpc) is 2.98. The standard InChI is InChI=1S/C34H35BIN2O3PS/c1-34(2,3)29-22-28(42(35)36)23-30(33(29)41)43-32(40)17-11-10-16-31(39)38(26-14-8-5-9-15-26)27-20-18-25(19-21-27)37-24-12-6-4-7-13-24/h4-9,12-15,18-23,37,41H,10-11,16-17H2,1-3H3. The Morgan fingerprint density at radius 3 is 2.02 bits per heavy atom. The van der Waals surface area contributed by atoms with Gasteiger partial charge in [0, 0.05) is 22.7 Å². The predicted octanol–water partition coefficient (Wildman–Crippen LogP) is 9.52. The second-order valence-corrected chi connectivity index (χ2v) is 16.5. The predicted molar refractivity (Wildman–Crippen MR) is 192 cm³/mol. The molecule has 0 aliphatic carbocycles. The fraction of sp³-hybridized carbons (Fsp3) is 0.235. The van der Waals surface area contributed by atoms with Crippen molar-refractivity contribution in [1.29, 1.82) is 0 Å². The molecule has 0 fully saturated rings. The number of aromatic hydroxyl groups is 1. The molecule has 1 unspecified atom stereocenters. The van der Waals surface area contributed by atoms with E-state index < -0.39 is 4.88 Å². The molecule has 0 bridgehead atoms. The van der Waals surface area contributed by atoms with Gasteiger partial charge in [-0.3, -0.25) is 0 Å². The Morgan fingerprint density at radius 2 is 1.42 bits per heavy atom. The van der Waals surface area contributed by atoms with Gasteiger partial charge in [0.2, 0.25) is 0 Å². The molecule has 4 aromatic rings. The van der Waals surface area contributed by atoms with Gasteiger partial charge in [0.1, 0.15) is 0 Å². The fourth-order valence-corrected chi connectivity index (χ4v) is 6.91. The number of nitrogens with one attached hydrogen (secondary N) is 1. The molecule has 2 N–H and O–H groups in total. The summed E-state index contributed by atoms with van der Waals surface area (Å²) in [6, 6.07) is 31.1. The minimum absolute atomic E-state index is 0.0337. The molecule has 220 valence electrons. The van der Waals surface area contributed by atoms with Crippen molar-refractivity contribution in [2.24, 2.45) is 0 Å². The number of phenolic OH excluding ortho intramolecular Hbond substituents is 1.